The van der Waals surface area contributed by atoms with Crippen LogP contribution in [0.25, 0.3) is 0 Å². The van der Waals surface area contributed by atoms with Gasteiger partial charge in [-0.3, -0.25) is 14.4 Å². The summed E-state index contributed by atoms with van der Waals surface area (Å²) in [5.41, 5.74) is -2.10. The van der Waals surface area contributed by atoms with Gasteiger partial charge in [0.25, 0.3) is 5.91 Å². The van der Waals surface area contributed by atoms with E-state index in [9.17, 15) is 24.6 Å². The maximum atomic E-state index is 13.7. The summed E-state index contributed by atoms with van der Waals surface area (Å²) in [6.45, 7) is 7.81. The lowest BCUT2D eigenvalue weighted by molar-refractivity contribution is -0.158. The molecule has 37 heavy (non-hydrogen) atoms. The van der Waals surface area contributed by atoms with E-state index in [-0.39, 0.29) is 18.4 Å². The van der Waals surface area contributed by atoms with Gasteiger partial charge in [-0.1, -0.05) is 64.3 Å². The van der Waals surface area contributed by atoms with Gasteiger partial charge >= 0.3 is 0 Å². The van der Waals surface area contributed by atoms with Gasteiger partial charge in [0.15, 0.2) is 0 Å². The average Bonchev–Trinajstić information content (AvgIpc) is 3.21. The summed E-state index contributed by atoms with van der Waals surface area (Å²) >= 11 is 6.04. The number of carbonyl (C=O) groups is 3. The van der Waals surface area contributed by atoms with Crippen LogP contribution in [0, 0.1) is 28.6 Å². The minimum absolute atomic E-state index is 0.239. The SMILES string of the molecule is CC(C)[C@@H](NC(=O)C(=O)C1(CO)CC2CCC(C2)C1)C(=O)N1CC[C@](O)(c2ccc(Cl)cc2)C(C)(C)C1. The number of nitrogens with one attached hydrogen (secondary N) is 1. The molecule has 8 heteroatoms. The van der Waals surface area contributed by atoms with E-state index in [0.29, 0.717) is 49.2 Å². The molecule has 3 N–H and O–H groups in total. The Morgan fingerprint density at radius 1 is 1.11 bits per heavy atom. The lowest BCUT2D eigenvalue weighted by Crippen LogP contribution is -2.61. The quantitative estimate of drug-likeness (QED) is 0.464. The highest BCUT2D eigenvalue weighted by molar-refractivity contribution is 6.38. The molecule has 1 aliphatic heterocycles. The van der Waals surface area contributed by atoms with Crippen LogP contribution in [0.2, 0.25) is 5.02 Å². The first-order valence-corrected chi connectivity index (χ1v) is 13.9. The predicted octanol–water partition coefficient (Wildman–Crippen LogP) is 3.68. The highest BCUT2D eigenvalue weighted by Crippen LogP contribution is 2.51. The molecular weight excluding hydrogens is 492 g/mol. The van der Waals surface area contributed by atoms with E-state index in [1.807, 2.05) is 39.8 Å². The zero-order chi connectivity index (χ0) is 27.2. The number of ketones is 1. The van der Waals surface area contributed by atoms with Gasteiger partial charge < -0.3 is 20.4 Å². The Morgan fingerprint density at radius 2 is 1.70 bits per heavy atom. The number of rotatable bonds is 7. The number of amides is 2. The second-order valence-corrected chi connectivity index (χ2v) is 13.1. The maximum absolute atomic E-state index is 13.7. The fraction of sp³-hybridized carbons (Fsp3) is 0.690. The molecule has 204 valence electrons. The first-order chi connectivity index (χ1) is 17.3. The van der Waals surface area contributed by atoms with E-state index in [1.54, 1.807) is 17.0 Å². The summed E-state index contributed by atoms with van der Waals surface area (Å²) in [6, 6.07) is 6.27. The Kier molecular flexibility index (Phi) is 7.82. The number of fused-ring (bicyclic) bond motifs is 2. The minimum atomic E-state index is -1.14. The van der Waals surface area contributed by atoms with Crippen LogP contribution in [-0.2, 0) is 20.0 Å². The van der Waals surface area contributed by atoms with Crippen molar-refractivity contribution in [2.75, 3.05) is 19.7 Å². The first-order valence-electron chi connectivity index (χ1n) is 13.6. The second-order valence-electron chi connectivity index (χ2n) is 12.7. The molecule has 1 aromatic carbocycles. The van der Waals surface area contributed by atoms with Crippen molar-refractivity contribution in [1.82, 2.24) is 10.2 Å². The zero-order valence-corrected chi connectivity index (χ0v) is 23.2. The van der Waals surface area contributed by atoms with Gasteiger partial charge in [0.05, 0.1) is 17.6 Å². The standard InChI is InChI=1S/C29H41ClN2O5/c1-18(2)23(31-25(35)24(34)28(17-33)14-19-5-6-20(13-19)15-28)26(36)32-12-11-29(37,27(3,4)16-32)21-7-9-22(30)10-8-21/h7-10,18-20,23,33,37H,5-6,11-17H2,1-4H3,(H,31,35)/t19?,20?,23-,28?,29+/m1/s1. The molecule has 0 spiro atoms. The number of likely N-dealkylation sites (tertiary alicyclic amines) is 1. The molecule has 2 unspecified atom stereocenters. The molecular formula is C29H41ClN2O5. The number of aliphatic hydroxyl groups excluding tert-OH is 1. The molecule has 3 aliphatic rings. The van der Waals surface area contributed by atoms with Crippen molar-refractivity contribution in [2.45, 2.75) is 77.9 Å². The maximum Gasteiger partial charge on any atom is 0.288 e. The number of hydrogen-bond acceptors (Lipinski definition) is 5. The summed E-state index contributed by atoms with van der Waals surface area (Å²) in [5.74, 6) is -1.13. The van der Waals surface area contributed by atoms with Crippen LogP contribution in [0.4, 0.5) is 0 Å². The van der Waals surface area contributed by atoms with E-state index < -0.39 is 34.2 Å². The molecule has 2 aliphatic carbocycles. The van der Waals surface area contributed by atoms with Crippen LogP contribution in [-0.4, -0.2) is 58.4 Å². The van der Waals surface area contributed by atoms with Crippen molar-refractivity contribution in [3.05, 3.63) is 34.9 Å². The Hall–Kier alpha value is -1.96. The molecule has 2 bridgehead atoms. The van der Waals surface area contributed by atoms with Gasteiger partial charge in [-0.2, -0.15) is 0 Å². The van der Waals surface area contributed by atoms with E-state index in [2.05, 4.69) is 5.32 Å². The summed E-state index contributed by atoms with van der Waals surface area (Å²) in [4.78, 5) is 41.9. The van der Waals surface area contributed by atoms with Crippen LogP contribution in [0.1, 0.15) is 71.8 Å². The zero-order valence-electron chi connectivity index (χ0n) is 22.4. The van der Waals surface area contributed by atoms with E-state index in [1.165, 1.54) is 0 Å². The van der Waals surface area contributed by atoms with Crippen molar-refractivity contribution in [2.24, 2.45) is 28.6 Å². The number of aliphatic hydroxyl groups is 2. The third kappa shape index (κ3) is 5.19. The van der Waals surface area contributed by atoms with Gasteiger partial charge in [0.1, 0.15) is 6.04 Å². The lowest BCUT2D eigenvalue weighted by Gasteiger charge is -2.51. The number of Topliss-reactive ketones (excluding diaryl/α,β-unsaturated/α-hetero) is 1. The van der Waals surface area contributed by atoms with Crippen molar-refractivity contribution in [3.8, 4) is 0 Å². The molecule has 4 atom stereocenters. The van der Waals surface area contributed by atoms with Crippen molar-refractivity contribution in [1.29, 1.82) is 0 Å². The molecule has 1 aromatic rings. The highest BCUT2D eigenvalue weighted by atomic mass is 35.5. The molecule has 1 saturated heterocycles. The summed E-state index contributed by atoms with van der Waals surface area (Å²) in [6.07, 6.45) is 4.56. The van der Waals surface area contributed by atoms with Crippen molar-refractivity contribution >= 4 is 29.2 Å². The monoisotopic (exact) mass is 532 g/mol. The Morgan fingerprint density at radius 3 is 2.22 bits per heavy atom. The number of carbonyl (C=O) groups excluding carboxylic acids is 3. The van der Waals surface area contributed by atoms with Gasteiger partial charge in [0, 0.05) is 23.5 Å². The summed E-state index contributed by atoms with van der Waals surface area (Å²) < 4.78 is 0. The predicted molar refractivity (Wildman–Crippen MR) is 142 cm³/mol. The van der Waals surface area contributed by atoms with Crippen molar-refractivity contribution in [3.63, 3.8) is 0 Å². The molecule has 4 rings (SSSR count). The molecule has 0 aromatic heterocycles. The van der Waals surface area contributed by atoms with Crippen LogP contribution in [0.3, 0.4) is 0 Å². The Bertz CT molecular complexity index is 1030. The van der Waals surface area contributed by atoms with E-state index in [0.717, 1.165) is 24.8 Å². The summed E-state index contributed by atoms with van der Waals surface area (Å²) in [7, 11) is 0. The third-order valence-electron chi connectivity index (χ3n) is 9.30. The minimum Gasteiger partial charge on any atom is -0.395 e. The van der Waals surface area contributed by atoms with Crippen LogP contribution in [0.5, 0.6) is 0 Å². The number of benzene rings is 1. The van der Waals surface area contributed by atoms with E-state index in [4.69, 9.17) is 11.6 Å². The summed E-state index contributed by atoms with van der Waals surface area (Å²) in [5, 5.41) is 25.2. The molecule has 2 amide bonds. The third-order valence-corrected chi connectivity index (χ3v) is 9.55. The number of hydrogen-bond donors (Lipinski definition) is 3. The van der Waals surface area contributed by atoms with Gasteiger partial charge in [0.2, 0.25) is 11.7 Å². The van der Waals surface area contributed by atoms with Gasteiger partial charge in [-0.25, -0.2) is 0 Å². The second kappa shape index (κ2) is 10.3. The Balaban J connectivity index is 1.47. The highest BCUT2D eigenvalue weighted by Gasteiger charge is 2.52. The lowest BCUT2D eigenvalue weighted by atomic mass is 9.66. The number of halogens is 1. The molecule has 2 saturated carbocycles. The Labute approximate surface area is 224 Å². The molecule has 3 fully saturated rings. The van der Waals surface area contributed by atoms with Crippen LogP contribution < -0.4 is 5.32 Å². The van der Waals surface area contributed by atoms with Crippen LogP contribution >= 0.6 is 11.6 Å². The van der Waals surface area contributed by atoms with E-state index >= 15 is 0 Å². The molecule has 7 nitrogen and oxygen atoms in total. The molecule has 1 heterocycles. The average molecular weight is 533 g/mol. The topological polar surface area (TPSA) is 107 Å². The number of nitrogens with zero attached hydrogens (tertiary/aromatic N) is 1. The van der Waals surface area contributed by atoms with Crippen molar-refractivity contribution < 1.29 is 24.6 Å². The fourth-order valence-electron chi connectivity index (χ4n) is 7.05. The first kappa shape index (κ1) is 28.1. The largest absolute Gasteiger partial charge is 0.395 e. The molecule has 0 radical (unpaired) electrons. The normalized spacial score (nSPS) is 31.7. The fourth-order valence-corrected chi connectivity index (χ4v) is 7.18. The van der Waals surface area contributed by atoms with Gasteiger partial charge in [-0.05, 0) is 61.1 Å². The smallest absolute Gasteiger partial charge is 0.288 e. The van der Waals surface area contributed by atoms with Crippen LogP contribution in [0.15, 0.2) is 24.3 Å². The number of piperidine rings is 1. The van der Waals surface area contributed by atoms with Gasteiger partial charge in [-0.15, -0.1) is 0 Å².